The van der Waals surface area contributed by atoms with E-state index in [1.54, 1.807) is 20.8 Å². The number of amides is 1. The Kier molecular flexibility index (Phi) is 5.70. The smallest absolute Gasteiger partial charge is 0.407 e. The van der Waals surface area contributed by atoms with Gasteiger partial charge in [-0.15, -0.1) is 10.1 Å². The van der Waals surface area contributed by atoms with Crippen LogP contribution in [0.5, 0.6) is 0 Å². The normalized spacial score (nSPS) is 13.1. The maximum atomic E-state index is 11.5. The first kappa shape index (κ1) is 15.5. The zero-order chi connectivity index (χ0) is 13.6. The molecule has 0 heterocycles. The van der Waals surface area contributed by atoms with Gasteiger partial charge >= 0.3 is 6.09 Å². The molecule has 0 spiro atoms. The molecule has 0 aromatic carbocycles. The fraction of sp³-hybridized carbons (Fsp3) is 0.900. The van der Waals surface area contributed by atoms with Gasteiger partial charge in [-0.3, -0.25) is 0 Å². The van der Waals surface area contributed by atoms with Crippen molar-refractivity contribution in [1.82, 2.24) is 5.32 Å². The van der Waals surface area contributed by atoms with Crippen LogP contribution in [-0.4, -0.2) is 29.4 Å². The maximum Gasteiger partial charge on any atom is 0.407 e. The van der Waals surface area contributed by atoms with Crippen molar-refractivity contribution in [1.29, 1.82) is 0 Å². The Labute approximate surface area is 101 Å². The minimum absolute atomic E-state index is 0.00229. The Morgan fingerprint density at radius 2 is 1.94 bits per heavy atom. The van der Waals surface area contributed by atoms with E-state index >= 15 is 0 Å². The molecule has 17 heavy (non-hydrogen) atoms. The Hall–Kier alpha value is -1.53. The van der Waals surface area contributed by atoms with Crippen molar-refractivity contribution in [3.8, 4) is 0 Å². The predicted octanol–water partition coefficient (Wildman–Crippen LogP) is 1.74. The van der Waals surface area contributed by atoms with Gasteiger partial charge in [-0.2, -0.15) is 0 Å². The van der Waals surface area contributed by atoms with Gasteiger partial charge in [0.05, 0.1) is 6.04 Å². The highest BCUT2D eigenvalue weighted by Gasteiger charge is 2.22. The molecule has 0 bridgehead atoms. The third-order valence-electron chi connectivity index (χ3n) is 1.87. The molecule has 1 N–H and O–H groups in total. The molecule has 0 saturated heterocycles. The molecule has 0 aromatic heterocycles. The monoisotopic (exact) mass is 248 g/mol. The number of carbonyl (C=O) groups excluding carboxylic acids is 1. The minimum Gasteiger partial charge on any atom is -0.444 e. The summed E-state index contributed by atoms with van der Waals surface area (Å²) in [5.74, 6) is 0.00229. The van der Waals surface area contributed by atoms with Crippen LogP contribution >= 0.6 is 0 Å². The van der Waals surface area contributed by atoms with E-state index in [2.05, 4.69) is 10.2 Å². The van der Waals surface area contributed by atoms with Crippen LogP contribution in [0.3, 0.4) is 0 Å². The van der Waals surface area contributed by atoms with Crippen molar-refractivity contribution in [3.05, 3.63) is 10.1 Å². The summed E-state index contributed by atoms with van der Waals surface area (Å²) in [6, 6.07) is -0.463. The fourth-order valence-corrected chi connectivity index (χ4v) is 1.00. The van der Waals surface area contributed by atoms with Crippen LogP contribution in [0.2, 0.25) is 0 Å². The Morgan fingerprint density at radius 3 is 2.29 bits per heavy atom. The molecule has 0 aliphatic carbocycles. The van der Waals surface area contributed by atoms with Gasteiger partial charge in [0, 0.05) is 0 Å². The molecule has 0 aliphatic rings. The van der Waals surface area contributed by atoms with Gasteiger partial charge in [0.2, 0.25) is 0 Å². The molecule has 0 aromatic rings. The van der Waals surface area contributed by atoms with Crippen LogP contribution in [0.1, 0.15) is 34.6 Å². The summed E-state index contributed by atoms with van der Waals surface area (Å²) in [5, 5.41) is 11.7. The number of ether oxygens (including phenoxy) is 1. The molecule has 7 heteroatoms. The van der Waals surface area contributed by atoms with E-state index in [-0.39, 0.29) is 12.5 Å². The van der Waals surface area contributed by atoms with Crippen molar-refractivity contribution in [2.75, 3.05) is 6.61 Å². The summed E-state index contributed by atoms with van der Waals surface area (Å²) in [5.41, 5.74) is -0.602. The topological polar surface area (TPSA) is 90.7 Å². The SMILES string of the molecule is CC(C)[C@@H](CO[N+](=O)[O-])NC(=O)OC(C)(C)C. The summed E-state index contributed by atoms with van der Waals surface area (Å²) in [6.07, 6.45) is -0.608. The number of carbonyl (C=O) groups is 1. The standard InChI is InChI=1S/C10H20N2O5/c1-7(2)8(6-16-12(14)15)11-9(13)17-10(3,4)5/h7-8H,6H2,1-5H3,(H,11,13)/t8-/m1/s1. The molecule has 1 amide bonds. The number of rotatable bonds is 5. The van der Waals surface area contributed by atoms with Crippen molar-refractivity contribution < 1.29 is 19.5 Å². The largest absolute Gasteiger partial charge is 0.444 e. The Bertz CT molecular complexity index is 272. The van der Waals surface area contributed by atoms with E-state index in [0.717, 1.165) is 0 Å². The summed E-state index contributed by atoms with van der Waals surface area (Å²) in [7, 11) is 0. The molecule has 0 saturated carbocycles. The zero-order valence-electron chi connectivity index (χ0n) is 10.9. The predicted molar refractivity (Wildman–Crippen MR) is 60.9 cm³/mol. The lowest BCUT2D eigenvalue weighted by molar-refractivity contribution is -0.758. The molecule has 0 aliphatic heterocycles. The first-order valence-electron chi connectivity index (χ1n) is 5.38. The zero-order valence-corrected chi connectivity index (χ0v) is 10.9. The van der Waals surface area contributed by atoms with Crippen LogP contribution in [0.15, 0.2) is 0 Å². The summed E-state index contributed by atoms with van der Waals surface area (Å²) in [6.45, 7) is 8.68. The number of nitrogens with one attached hydrogen (secondary N) is 1. The molecule has 0 rings (SSSR count). The van der Waals surface area contributed by atoms with E-state index in [1.807, 2.05) is 13.8 Å². The van der Waals surface area contributed by atoms with E-state index in [0.29, 0.717) is 0 Å². The third kappa shape index (κ3) is 8.29. The number of hydrogen-bond acceptors (Lipinski definition) is 5. The second kappa shape index (κ2) is 6.27. The molecule has 0 unspecified atom stereocenters. The number of nitrogens with zero attached hydrogens (tertiary/aromatic N) is 1. The fourth-order valence-electron chi connectivity index (χ4n) is 1.00. The van der Waals surface area contributed by atoms with E-state index in [9.17, 15) is 14.9 Å². The molecule has 0 radical (unpaired) electrons. The number of alkyl carbamates (subject to hydrolysis) is 1. The van der Waals surface area contributed by atoms with Crippen molar-refractivity contribution in [2.45, 2.75) is 46.3 Å². The van der Waals surface area contributed by atoms with Gasteiger partial charge in [0.1, 0.15) is 12.2 Å². The molecule has 7 nitrogen and oxygen atoms in total. The second-order valence-corrected chi connectivity index (χ2v) is 5.02. The highest BCUT2D eigenvalue weighted by molar-refractivity contribution is 5.68. The van der Waals surface area contributed by atoms with E-state index in [1.165, 1.54) is 0 Å². The third-order valence-corrected chi connectivity index (χ3v) is 1.87. The van der Waals surface area contributed by atoms with Gasteiger partial charge in [-0.05, 0) is 26.7 Å². The van der Waals surface area contributed by atoms with Gasteiger partial charge < -0.3 is 14.9 Å². The Balaban J connectivity index is 4.25. The van der Waals surface area contributed by atoms with Crippen LogP contribution in [0.25, 0.3) is 0 Å². The summed E-state index contributed by atoms with van der Waals surface area (Å²) >= 11 is 0. The highest BCUT2D eigenvalue weighted by atomic mass is 16.9. The Morgan fingerprint density at radius 1 is 1.41 bits per heavy atom. The van der Waals surface area contributed by atoms with Gasteiger partial charge in [-0.1, -0.05) is 13.8 Å². The maximum absolute atomic E-state index is 11.5. The van der Waals surface area contributed by atoms with Gasteiger partial charge in [0.25, 0.3) is 5.09 Å². The lowest BCUT2D eigenvalue weighted by Crippen LogP contribution is -2.44. The van der Waals surface area contributed by atoms with Gasteiger partial charge in [0.15, 0.2) is 0 Å². The lowest BCUT2D eigenvalue weighted by atomic mass is 10.1. The van der Waals surface area contributed by atoms with Crippen molar-refractivity contribution >= 4 is 6.09 Å². The van der Waals surface area contributed by atoms with Crippen LogP contribution in [-0.2, 0) is 9.57 Å². The van der Waals surface area contributed by atoms with Crippen molar-refractivity contribution in [3.63, 3.8) is 0 Å². The van der Waals surface area contributed by atoms with Crippen molar-refractivity contribution in [2.24, 2.45) is 5.92 Å². The first-order chi connectivity index (χ1) is 7.61. The average molecular weight is 248 g/mol. The molecule has 0 fully saturated rings. The number of hydrogen-bond donors (Lipinski definition) is 1. The average Bonchev–Trinajstić information content (AvgIpc) is 2.08. The van der Waals surface area contributed by atoms with Gasteiger partial charge in [-0.25, -0.2) is 4.79 Å². The molecule has 1 atom stereocenters. The van der Waals surface area contributed by atoms with E-state index < -0.39 is 22.8 Å². The lowest BCUT2D eigenvalue weighted by Gasteiger charge is -2.25. The highest BCUT2D eigenvalue weighted by Crippen LogP contribution is 2.08. The van der Waals surface area contributed by atoms with Crippen LogP contribution in [0, 0.1) is 16.0 Å². The molecule has 100 valence electrons. The second-order valence-electron chi connectivity index (χ2n) is 5.02. The summed E-state index contributed by atoms with van der Waals surface area (Å²) < 4.78 is 5.05. The van der Waals surface area contributed by atoms with E-state index in [4.69, 9.17) is 4.74 Å². The first-order valence-corrected chi connectivity index (χ1v) is 5.38. The quantitative estimate of drug-likeness (QED) is 0.591. The van der Waals surface area contributed by atoms with Crippen LogP contribution < -0.4 is 5.32 Å². The molecular formula is C10H20N2O5. The molecular weight excluding hydrogens is 228 g/mol. The van der Waals surface area contributed by atoms with Crippen LogP contribution in [0.4, 0.5) is 4.79 Å². The summed E-state index contributed by atoms with van der Waals surface area (Å²) in [4.78, 5) is 25.8. The minimum atomic E-state index is -0.883.